The SMILES string of the molecule is Cl.N[C@H]1CCN(S(=O)(=O)c2cccc3cncc(Cl)c23)C1. The molecule has 3 rings (SSSR count). The number of sulfonamides is 1. The minimum absolute atomic E-state index is 0. The van der Waals surface area contributed by atoms with Gasteiger partial charge in [-0.25, -0.2) is 8.42 Å². The minimum atomic E-state index is -3.58. The molecule has 114 valence electrons. The van der Waals surface area contributed by atoms with E-state index in [-0.39, 0.29) is 23.3 Å². The first-order valence-corrected chi connectivity index (χ1v) is 8.10. The van der Waals surface area contributed by atoms with Crippen LogP contribution in [0.4, 0.5) is 0 Å². The third kappa shape index (κ3) is 2.86. The normalized spacial score (nSPS) is 19.6. The maximum Gasteiger partial charge on any atom is 0.243 e. The second-order valence-corrected chi connectivity index (χ2v) is 7.20. The molecule has 1 aromatic heterocycles. The molecule has 0 radical (unpaired) electrons. The summed E-state index contributed by atoms with van der Waals surface area (Å²) in [6.07, 6.45) is 3.74. The average molecular weight is 348 g/mol. The molecule has 0 bridgehead atoms. The first-order chi connectivity index (χ1) is 9.50. The highest BCUT2D eigenvalue weighted by Crippen LogP contribution is 2.31. The van der Waals surface area contributed by atoms with E-state index < -0.39 is 10.0 Å². The quantitative estimate of drug-likeness (QED) is 0.901. The molecule has 0 unspecified atom stereocenters. The lowest BCUT2D eigenvalue weighted by molar-refractivity contribution is 0.473. The topological polar surface area (TPSA) is 76.3 Å². The van der Waals surface area contributed by atoms with Crippen molar-refractivity contribution in [1.29, 1.82) is 0 Å². The molecule has 1 aliphatic heterocycles. The molecule has 1 aromatic carbocycles. The van der Waals surface area contributed by atoms with Crippen LogP contribution in [-0.2, 0) is 10.0 Å². The Balaban J connectivity index is 0.00000161. The van der Waals surface area contributed by atoms with Crippen LogP contribution >= 0.6 is 24.0 Å². The summed E-state index contributed by atoms with van der Waals surface area (Å²) >= 11 is 6.13. The van der Waals surface area contributed by atoms with Crippen LogP contribution in [0.25, 0.3) is 10.8 Å². The smallest absolute Gasteiger partial charge is 0.243 e. The third-order valence-corrected chi connectivity index (χ3v) is 5.70. The number of nitrogens with two attached hydrogens (primary N) is 1. The van der Waals surface area contributed by atoms with Crippen molar-refractivity contribution in [2.75, 3.05) is 13.1 Å². The maximum atomic E-state index is 12.7. The lowest BCUT2D eigenvalue weighted by atomic mass is 10.2. The fourth-order valence-electron chi connectivity index (χ4n) is 2.49. The Hall–Kier alpha value is -0.920. The summed E-state index contributed by atoms with van der Waals surface area (Å²) in [4.78, 5) is 4.20. The van der Waals surface area contributed by atoms with Crippen molar-refractivity contribution in [2.24, 2.45) is 5.73 Å². The summed E-state index contributed by atoms with van der Waals surface area (Å²) in [5.41, 5.74) is 5.80. The second-order valence-electron chi connectivity index (χ2n) is 4.89. The number of halogens is 2. The van der Waals surface area contributed by atoms with Gasteiger partial charge in [-0.15, -0.1) is 12.4 Å². The number of aromatic nitrogens is 1. The molecular weight excluding hydrogens is 333 g/mol. The number of hydrogen-bond donors (Lipinski definition) is 1. The van der Waals surface area contributed by atoms with Crippen molar-refractivity contribution < 1.29 is 8.42 Å². The van der Waals surface area contributed by atoms with Gasteiger partial charge in [0.1, 0.15) is 0 Å². The van der Waals surface area contributed by atoms with Crippen LogP contribution in [0.3, 0.4) is 0 Å². The molecule has 0 amide bonds. The van der Waals surface area contributed by atoms with E-state index in [0.717, 1.165) is 0 Å². The maximum absolute atomic E-state index is 12.7. The van der Waals surface area contributed by atoms with Crippen LogP contribution in [-0.4, -0.2) is 36.8 Å². The summed E-state index contributed by atoms with van der Waals surface area (Å²) < 4.78 is 26.9. The Kier molecular flexibility index (Phi) is 4.75. The number of rotatable bonds is 2. The zero-order valence-corrected chi connectivity index (χ0v) is 13.5. The number of fused-ring (bicyclic) bond motifs is 1. The van der Waals surface area contributed by atoms with Crippen LogP contribution < -0.4 is 5.73 Å². The molecule has 5 nitrogen and oxygen atoms in total. The Morgan fingerprint density at radius 3 is 2.76 bits per heavy atom. The fourth-order valence-corrected chi connectivity index (χ4v) is 4.56. The van der Waals surface area contributed by atoms with E-state index in [9.17, 15) is 8.42 Å². The molecule has 0 aliphatic carbocycles. The molecule has 21 heavy (non-hydrogen) atoms. The highest BCUT2D eigenvalue weighted by molar-refractivity contribution is 7.89. The van der Waals surface area contributed by atoms with Crippen LogP contribution in [0, 0.1) is 0 Å². The van der Waals surface area contributed by atoms with Gasteiger partial charge in [0.15, 0.2) is 0 Å². The Morgan fingerprint density at radius 1 is 1.33 bits per heavy atom. The van der Waals surface area contributed by atoms with E-state index in [1.165, 1.54) is 10.5 Å². The van der Waals surface area contributed by atoms with Gasteiger partial charge in [0, 0.05) is 42.3 Å². The van der Waals surface area contributed by atoms with Crippen molar-refractivity contribution in [3.05, 3.63) is 35.6 Å². The predicted octanol–water partition coefficient (Wildman–Crippen LogP) is 2.03. The number of hydrogen-bond acceptors (Lipinski definition) is 4. The van der Waals surface area contributed by atoms with Gasteiger partial charge in [-0.2, -0.15) is 4.31 Å². The molecular formula is C13H15Cl2N3O2S. The van der Waals surface area contributed by atoms with E-state index in [1.54, 1.807) is 24.4 Å². The Labute approximate surface area is 134 Å². The lowest BCUT2D eigenvalue weighted by Gasteiger charge is -2.17. The second kappa shape index (κ2) is 6.06. The van der Waals surface area contributed by atoms with E-state index >= 15 is 0 Å². The zero-order chi connectivity index (χ0) is 14.3. The zero-order valence-electron chi connectivity index (χ0n) is 11.1. The first kappa shape index (κ1) is 16.5. The van der Waals surface area contributed by atoms with E-state index in [0.29, 0.717) is 35.3 Å². The van der Waals surface area contributed by atoms with Gasteiger partial charge < -0.3 is 5.73 Å². The largest absolute Gasteiger partial charge is 0.326 e. The van der Waals surface area contributed by atoms with Crippen LogP contribution in [0.15, 0.2) is 35.5 Å². The molecule has 1 atom stereocenters. The molecule has 2 N–H and O–H groups in total. The Morgan fingerprint density at radius 2 is 2.10 bits per heavy atom. The number of nitrogens with zero attached hydrogens (tertiary/aromatic N) is 2. The lowest BCUT2D eigenvalue weighted by Crippen LogP contribution is -2.32. The molecule has 2 heterocycles. The van der Waals surface area contributed by atoms with Gasteiger partial charge >= 0.3 is 0 Å². The van der Waals surface area contributed by atoms with Crippen LogP contribution in [0.1, 0.15) is 6.42 Å². The van der Waals surface area contributed by atoms with Crippen molar-refractivity contribution in [2.45, 2.75) is 17.4 Å². The highest BCUT2D eigenvalue weighted by Gasteiger charge is 2.32. The highest BCUT2D eigenvalue weighted by atomic mass is 35.5. The molecule has 2 aromatic rings. The van der Waals surface area contributed by atoms with Gasteiger partial charge in [0.25, 0.3) is 0 Å². The van der Waals surface area contributed by atoms with E-state index in [2.05, 4.69) is 4.98 Å². The summed E-state index contributed by atoms with van der Waals surface area (Å²) in [6, 6.07) is 4.97. The van der Waals surface area contributed by atoms with Crippen molar-refractivity contribution in [3.8, 4) is 0 Å². The molecule has 8 heteroatoms. The van der Waals surface area contributed by atoms with Gasteiger partial charge in [-0.05, 0) is 12.5 Å². The first-order valence-electron chi connectivity index (χ1n) is 6.28. The fraction of sp³-hybridized carbons (Fsp3) is 0.308. The van der Waals surface area contributed by atoms with Gasteiger partial charge in [0.2, 0.25) is 10.0 Å². The molecule has 1 saturated heterocycles. The summed E-state index contributed by atoms with van der Waals surface area (Å²) in [5.74, 6) is 0. The summed E-state index contributed by atoms with van der Waals surface area (Å²) in [7, 11) is -3.58. The molecule has 0 spiro atoms. The number of benzene rings is 1. The molecule has 0 saturated carbocycles. The van der Waals surface area contributed by atoms with E-state index in [4.69, 9.17) is 17.3 Å². The van der Waals surface area contributed by atoms with Crippen molar-refractivity contribution in [1.82, 2.24) is 9.29 Å². The standard InChI is InChI=1S/C13H14ClN3O2S.ClH/c14-11-7-16-6-9-2-1-3-12(13(9)11)20(18,19)17-5-4-10(15)8-17;/h1-3,6-7,10H,4-5,8,15H2;1H/t10-;/m0./s1. The van der Waals surface area contributed by atoms with Crippen molar-refractivity contribution >= 4 is 44.8 Å². The van der Waals surface area contributed by atoms with Crippen LogP contribution in [0.5, 0.6) is 0 Å². The van der Waals surface area contributed by atoms with Gasteiger partial charge in [0.05, 0.1) is 9.92 Å². The van der Waals surface area contributed by atoms with Crippen molar-refractivity contribution in [3.63, 3.8) is 0 Å². The van der Waals surface area contributed by atoms with Gasteiger partial charge in [-0.1, -0.05) is 23.7 Å². The summed E-state index contributed by atoms with van der Waals surface area (Å²) in [5, 5.41) is 1.57. The monoisotopic (exact) mass is 347 g/mol. The van der Waals surface area contributed by atoms with E-state index in [1.807, 2.05) is 0 Å². The number of pyridine rings is 1. The van der Waals surface area contributed by atoms with Gasteiger partial charge in [-0.3, -0.25) is 4.98 Å². The molecule has 1 fully saturated rings. The van der Waals surface area contributed by atoms with Crippen LogP contribution in [0.2, 0.25) is 5.02 Å². The minimum Gasteiger partial charge on any atom is -0.326 e. The predicted molar refractivity (Wildman–Crippen MR) is 85.4 cm³/mol. The summed E-state index contributed by atoms with van der Waals surface area (Å²) in [6.45, 7) is 0.796. The molecule has 1 aliphatic rings. The average Bonchev–Trinajstić information content (AvgIpc) is 2.86. The Bertz CT molecular complexity index is 762. The third-order valence-electron chi connectivity index (χ3n) is 3.50.